The molecular weight excluding hydrogens is 278 g/mol. The quantitative estimate of drug-likeness (QED) is 0.886. The van der Waals surface area contributed by atoms with Gasteiger partial charge in [0.15, 0.2) is 11.1 Å². The minimum Gasteiger partial charge on any atom is -0.406 e. The van der Waals surface area contributed by atoms with Crippen LogP contribution >= 0.6 is 0 Å². The monoisotopic (exact) mass is 295 g/mol. The molecule has 0 aromatic heterocycles. The van der Waals surface area contributed by atoms with Crippen LogP contribution in [-0.2, 0) is 15.1 Å². The summed E-state index contributed by atoms with van der Waals surface area (Å²) in [5.74, 6) is -0.451. The van der Waals surface area contributed by atoms with Gasteiger partial charge in [-0.05, 0) is 25.0 Å². The molecule has 0 spiro atoms. The Kier molecular flexibility index (Phi) is 3.34. The molecule has 1 aliphatic rings. The second-order valence-electron chi connectivity index (χ2n) is 5.81. The average Bonchev–Trinajstić information content (AvgIpc) is 2.82. The molecule has 0 saturated heterocycles. The highest BCUT2D eigenvalue weighted by molar-refractivity contribution is 6.04. The van der Waals surface area contributed by atoms with E-state index < -0.39 is 17.1 Å². The molecule has 22 heavy (non-hydrogen) atoms. The fourth-order valence-electron chi connectivity index (χ4n) is 2.46. The molecule has 0 amide bonds. The number of cyclic esters (lactones) is 1. The summed E-state index contributed by atoms with van der Waals surface area (Å²) < 4.78 is 5.31. The highest BCUT2D eigenvalue weighted by Crippen LogP contribution is 2.36. The molecule has 0 atom stereocenters. The van der Waals surface area contributed by atoms with E-state index in [1.54, 1.807) is 38.1 Å². The number of ether oxygens (including phenoxy) is 1. The summed E-state index contributed by atoms with van der Waals surface area (Å²) in [6.07, 6.45) is 0. The summed E-state index contributed by atoms with van der Waals surface area (Å²) in [4.78, 5) is 16.3. The second kappa shape index (κ2) is 5.07. The van der Waals surface area contributed by atoms with Gasteiger partial charge in [-0.15, -0.1) is 0 Å². The van der Waals surface area contributed by atoms with Crippen molar-refractivity contribution in [1.29, 1.82) is 0 Å². The van der Waals surface area contributed by atoms with Gasteiger partial charge in [0.05, 0.1) is 0 Å². The van der Waals surface area contributed by atoms with Crippen molar-refractivity contribution < 1.29 is 14.6 Å². The maximum atomic E-state index is 12.0. The first-order valence-electron chi connectivity index (χ1n) is 7.10. The Morgan fingerprint density at radius 1 is 0.955 bits per heavy atom. The summed E-state index contributed by atoms with van der Waals surface area (Å²) in [5.41, 5.74) is -1.38. The van der Waals surface area contributed by atoms with E-state index >= 15 is 0 Å². The lowest BCUT2D eigenvalue weighted by Gasteiger charge is -2.27. The van der Waals surface area contributed by atoms with Gasteiger partial charge in [-0.1, -0.05) is 60.7 Å². The summed E-state index contributed by atoms with van der Waals surface area (Å²) in [5, 5.41) is 11.4. The van der Waals surface area contributed by atoms with Crippen molar-refractivity contribution in [3.05, 3.63) is 71.8 Å². The fraction of sp³-hybridized carbons (Fsp3) is 0.222. The number of hydrogen-bond donors (Lipinski definition) is 1. The standard InChI is InChI=1S/C18H17NO3/c1-17(2)16(20)22-15(19-17)18(21,13-9-5-3-6-10-13)14-11-7-4-8-12-14/h3-12,21H,1-2H3. The third kappa shape index (κ3) is 2.22. The zero-order valence-electron chi connectivity index (χ0n) is 12.5. The van der Waals surface area contributed by atoms with Crippen LogP contribution in [0, 0.1) is 0 Å². The Bertz CT molecular complexity index is 681. The van der Waals surface area contributed by atoms with Gasteiger partial charge in [-0.2, -0.15) is 0 Å². The molecule has 4 heteroatoms. The van der Waals surface area contributed by atoms with Gasteiger partial charge in [0.2, 0.25) is 5.90 Å². The molecule has 4 nitrogen and oxygen atoms in total. The molecule has 112 valence electrons. The zero-order valence-corrected chi connectivity index (χ0v) is 12.5. The smallest absolute Gasteiger partial charge is 0.340 e. The molecule has 1 N–H and O–H groups in total. The lowest BCUT2D eigenvalue weighted by Crippen LogP contribution is -2.37. The predicted octanol–water partition coefficient (Wildman–Crippen LogP) is 2.66. The van der Waals surface area contributed by atoms with Crippen LogP contribution in [-0.4, -0.2) is 22.5 Å². The van der Waals surface area contributed by atoms with Crippen LogP contribution in [0.5, 0.6) is 0 Å². The first-order chi connectivity index (χ1) is 10.4. The Labute approximate surface area is 129 Å². The normalized spacial score (nSPS) is 17.0. The largest absolute Gasteiger partial charge is 0.406 e. The maximum Gasteiger partial charge on any atom is 0.340 e. The summed E-state index contributed by atoms with van der Waals surface area (Å²) in [6, 6.07) is 18.2. The Hall–Kier alpha value is -2.46. The number of benzene rings is 2. The third-order valence-electron chi connectivity index (χ3n) is 3.76. The van der Waals surface area contributed by atoms with Crippen molar-refractivity contribution in [2.75, 3.05) is 0 Å². The third-order valence-corrected chi connectivity index (χ3v) is 3.76. The SMILES string of the molecule is CC1(C)N=C(C(O)(c2ccccc2)c2ccccc2)OC1=O. The van der Waals surface area contributed by atoms with Crippen LogP contribution in [0.2, 0.25) is 0 Å². The minimum absolute atomic E-state index is 0.0138. The summed E-state index contributed by atoms with van der Waals surface area (Å²) in [6.45, 7) is 3.33. The average molecular weight is 295 g/mol. The van der Waals surface area contributed by atoms with Crippen LogP contribution in [0.4, 0.5) is 0 Å². The van der Waals surface area contributed by atoms with Crippen LogP contribution in [0.3, 0.4) is 0 Å². The Balaban J connectivity index is 2.20. The number of hydrogen-bond acceptors (Lipinski definition) is 4. The number of aliphatic hydroxyl groups is 1. The maximum absolute atomic E-state index is 12.0. The number of carbonyl (C=O) groups is 1. The predicted molar refractivity (Wildman–Crippen MR) is 83.5 cm³/mol. The number of nitrogens with zero attached hydrogens (tertiary/aromatic N) is 1. The lowest BCUT2D eigenvalue weighted by molar-refractivity contribution is -0.138. The minimum atomic E-state index is -1.59. The number of aliphatic imine (C=N–C) groups is 1. The van der Waals surface area contributed by atoms with Gasteiger partial charge in [-0.3, -0.25) is 0 Å². The van der Waals surface area contributed by atoms with Crippen molar-refractivity contribution in [3.63, 3.8) is 0 Å². The molecule has 1 heterocycles. The van der Waals surface area contributed by atoms with Crippen molar-refractivity contribution in [2.24, 2.45) is 4.99 Å². The Morgan fingerprint density at radius 2 is 1.41 bits per heavy atom. The van der Waals surface area contributed by atoms with Gasteiger partial charge in [0, 0.05) is 0 Å². The summed E-state index contributed by atoms with van der Waals surface area (Å²) >= 11 is 0. The lowest BCUT2D eigenvalue weighted by atomic mass is 9.86. The van der Waals surface area contributed by atoms with Crippen LogP contribution in [0.15, 0.2) is 65.7 Å². The molecule has 2 aromatic carbocycles. The molecular formula is C18H17NO3. The molecule has 0 saturated carbocycles. The van der Waals surface area contributed by atoms with Crippen molar-refractivity contribution in [3.8, 4) is 0 Å². The van der Waals surface area contributed by atoms with E-state index in [9.17, 15) is 9.90 Å². The molecule has 3 rings (SSSR count). The van der Waals surface area contributed by atoms with E-state index in [4.69, 9.17) is 4.74 Å². The topological polar surface area (TPSA) is 58.9 Å². The summed E-state index contributed by atoms with van der Waals surface area (Å²) in [7, 11) is 0. The van der Waals surface area contributed by atoms with E-state index in [0.29, 0.717) is 11.1 Å². The molecule has 0 unspecified atom stereocenters. The van der Waals surface area contributed by atoms with Crippen molar-refractivity contribution >= 4 is 11.9 Å². The number of esters is 1. The van der Waals surface area contributed by atoms with Gasteiger partial charge in [0.25, 0.3) is 0 Å². The van der Waals surface area contributed by atoms with E-state index in [0.717, 1.165) is 0 Å². The second-order valence-corrected chi connectivity index (χ2v) is 5.81. The van der Waals surface area contributed by atoms with Crippen LogP contribution in [0.1, 0.15) is 25.0 Å². The van der Waals surface area contributed by atoms with Crippen LogP contribution in [0.25, 0.3) is 0 Å². The highest BCUT2D eigenvalue weighted by atomic mass is 16.6. The van der Waals surface area contributed by atoms with Gasteiger partial charge < -0.3 is 9.84 Å². The Morgan fingerprint density at radius 3 is 1.77 bits per heavy atom. The van der Waals surface area contributed by atoms with Gasteiger partial charge in [-0.25, -0.2) is 9.79 Å². The van der Waals surface area contributed by atoms with Crippen LogP contribution < -0.4 is 0 Å². The molecule has 0 aliphatic carbocycles. The molecule has 0 bridgehead atoms. The number of carbonyl (C=O) groups excluding carboxylic acids is 1. The molecule has 0 radical (unpaired) electrons. The molecule has 1 aliphatic heterocycles. The van der Waals surface area contributed by atoms with Crippen molar-refractivity contribution in [2.45, 2.75) is 25.0 Å². The van der Waals surface area contributed by atoms with E-state index in [1.807, 2.05) is 36.4 Å². The first-order valence-corrected chi connectivity index (χ1v) is 7.10. The number of rotatable bonds is 3. The van der Waals surface area contributed by atoms with Gasteiger partial charge in [0.1, 0.15) is 0 Å². The highest BCUT2D eigenvalue weighted by Gasteiger charge is 2.48. The fourth-order valence-corrected chi connectivity index (χ4v) is 2.46. The van der Waals surface area contributed by atoms with Crippen molar-refractivity contribution in [1.82, 2.24) is 0 Å². The first kappa shape index (κ1) is 14.5. The molecule has 2 aromatic rings. The van der Waals surface area contributed by atoms with E-state index in [1.165, 1.54) is 0 Å². The van der Waals surface area contributed by atoms with E-state index in [2.05, 4.69) is 4.99 Å². The molecule has 0 fully saturated rings. The van der Waals surface area contributed by atoms with E-state index in [-0.39, 0.29) is 5.90 Å². The van der Waals surface area contributed by atoms with Gasteiger partial charge >= 0.3 is 5.97 Å². The zero-order chi connectivity index (χ0) is 15.8.